The zero-order valence-corrected chi connectivity index (χ0v) is 9.38. The Bertz CT molecular complexity index is 229. The molecule has 2 aliphatic rings. The van der Waals surface area contributed by atoms with Gasteiger partial charge in [0.15, 0.2) is 0 Å². The van der Waals surface area contributed by atoms with Gasteiger partial charge in [-0.2, -0.15) is 0 Å². The molecule has 0 aromatic rings. The number of ether oxygens (including phenoxy) is 1. The average Bonchev–Trinajstić information content (AvgIpc) is 1.97. The second-order valence-corrected chi connectivity index (χ2v) is 5.06. The van der Waals surface area contributed by atoms with Crippen LogP contribution < -0.4 is 0 Å². The van der Waals surface area contributed by atoms with Gasteiger partial charge in [0, 0.05) is 5.92 Å². The van der Waals surface area contributed by atoms with Gasteiger partial charge in [-0.15, -0.1) is 0 Å². The predicted molar refractivity (Wildman–Crippen MR) is 54.1 cm³/mol. The zero-order chi connectivity index (χ0) is 11.1. The summed E-state index contributed by atoms with van der Waals surface area (Å²) in [5, 5.41) is 0. The van der Waals surface area contributed by atoms with Gasteiger partial charge in [-0.05, 0) is 18.9 Å². The van der Waals surface area contributed by atoms with Crippen LogP contribution in [-0.4, -0.2) is 43.2 Å². The van der Waals surface area contributed by atoms with Crippen molar-refractivity contribution in [2.24, 2.45) is 11.8 Å². The molecule has 0 N–H and O–H groups in total. The number of hydrogen-bond acceptors (Lipinski definition) is 2. The number of halogens is 2. The third kappa shape index (κ3) is 2.16. The van der Waals surface area contributed by atoms with Crippen LogP contribution in [0.1, 0.15) is 20.3 Å². The molecule has 0 spiro atoms. The Morgan fingerprint density at radius 2 is 2.00 bits per heavy atom. The van der Waals surface area contributed by atoms with Crippen molar-refractivity contribution in [1.82, 2.24) is 4.90 Å². The van der Waals surface area contributed by atoms with Crippen LogP contribution in [0.15, 0.2) is 0 Å². The minimum absolute atomic E-state index is 0.0693. The fourth-order valence-electron chi connectivity index (χ4n) is 2.55. The SMILES string of the molecule is CC(C)C1CCN(C2COC2)CC1(F)F. The molecule has 0 aromatic carbocycles. The summed E-state index contributed by atoms with van der Waals surface area (Å²) in [5.41, 5.74) is 0. The van der Waals surface area contributed by atoms with E-state index in [-0.39, 0.29) is 18.5 Å². The maximum atomic E-state index is 13.8. The Labute approximate surface area is 89.6 Å². The van der Waals surface area contributed by atoms with E-state index in [0.717, 1.165) is 6.54 Å². The van der Waals surface area contributed by atoms with Crippen molar-refractivity contribution in [3.63, 3.8) is 0 Å². The molecular formula is C11H19F2NO. The van der Waals surface area contributed by atoms with Crippen molar-refractivity contribution in [2.45, 2.75) is 32.2 Å². The first-order valence-corrected chi connectivity index (χ1v) is 5.70. The quantitative estimate of drug-likeness (QED) is 0.704. The van der Waals surface area contributed by atoms with E-state index in [9.17, 15) is 8.78 Å². The van der Waals surface area contributed by atoms with Crippen LogP contribution in [0.25, 0.3) is 0 Å². The first kappa shape index (κ1) is 11.3. The van der Waals surface area contributed by atoms with E-state index in [2.05, 4.69) is 0 Å². The largest absolute Gasteiger partial charge is 0.378 e. The highest BCUT2D eigenvalue weighted by Crippen LogP contribution is 2.38. The van der Waals surface area contributed by atoms with Crippen molar-refractivity contribution in [2.75, 3.05) is 26.3 Å². The lowest BCUT2D eigenvalue weighted by molar-refractivity contribution is -0.161. The van der Waals surface area contributed by atoms with Crippen molar-refractivity contribution < 1.29 is 13.5 Å². The minimum atomic E-state index is -2.53. The second kappa shape index (κ2) is 3.98. The van der Waals surface area contributed by atoms with Gasteiger partial charge in [-0.25, -0.2) is 8.78 Å². The van der Waals surface area contributed by atoms with Crippen molar-refractivity contribution in [3.8, 4) is 0 Å². The minimum Gasteiger partial charge on any atom is -0.378 e. The summed E-state index contributed by atoms with van der Waals surface area (Å²) in [6.45, 7) is 5.75. The monoisotopic (exact) mass is 219 g/mol. The van der Waals surface area contributed by atoms with Crippen molar-refractivity contribution in [3.05, 3.63) is 0 Å². The van der Waals surface area contributed by atoms with E-state index in [1.54, 1.807) is 0 Å². The summed E-state index contributed by atoms with van der Waals surface area (Å²) >= 11 is 0. The van der Waals surface area contributed by atoms with Crippen LogP contribution in [0.2, 0.25) is 0 Å². The normalized spacial score (nSPS) is 33.0. The lowest BCUT2D eigenvalue weighted by Crippen LogP contribution is -2.58. The van der Waals surface area contributed by atoms with Crippen LogP contribution in [0.5, 0.6) is 0 Å². The molecule has 0 aliphatic carbocycles. The van der Waals surface area contributed by atoms with Gasteiger partial charge >= 0.3 is 0 Å². The fourth-order valence-corrected chi connectivity index (χ4v) is 2.55. The lowest BCUT2D eigenvalue weighted by Gasteiger charge is -2.45. The van der Waals surface area contributed by atoms with E-state index >= 15 is 0 Å². The highest BCUT2D eigenvalue weighted by atomic mass is 19.3. The van der Waals surface area contributed by atoms with Crippen molar-refractivity contribution in [1.29, 1.82) is 0 Å². The summed E-state index contributed by atoms with van der Waals surface area (Å²) in [6, 6.07) is 0.240. The van der Waals surface area contributed by atoms with Crippen molar-refractivity contribution >= 4 is 0 Å². The molecule has 0 radical (unpaired) electrons. The number of nitrogens with zero attached hydrogens (tertiary/aromatic N) is 1. The first-order valence-electron chi connectivity index (χ1n) is 5.70. The molecule has 0 bridgehead atoms. The molecule has 0 amide bonds. The standard InChI is InChI=1S/C11H19F2NO/c1-8(2)10-3-4-14(7-11(10,12)13)9-5-15-6-9/h8-10H,3-7H2,1-2H3. The third-order valence-electron chi connectivity index (χ3n) is 3.63. The smallest absolute Gasteiger partial charge is 0.263 e. The third-order valence-corrected chi connectivity index (χ3v) is 3.63. The van der Waals surface area contributed by atoms with E-state index < -0.39 is 11.8 Å². The van der Waals surface area contributed by atoms with Gasteiger partial charge in [0.25, 0.3) is 5.92 Å². The molecular weight excluding hydrogens is 200 g/mol. The molecule has 2 rings (SSSR count). The Hall–Kier alpha value is -0.220. The maximum absolute atomic E-state index is 13.8. The van der Waals surface area contributed by atoms with E-state index in [1.807, 2.05) is 18.7 Å². The molecule has 4 heteroatoms. The van der Waals surface area contributed by atoms with Gasteiger partial charge in [0.1, 0.15) is 0 Å². The lowest BCUT2D eigenvalue weighted by atomic mass is 9.83. The predicted octanol–water partition coefficient (Wildman–Crippen LogP) is 2.00. The number of hydrogen-bond donors (Lipinski definition) is 0. The molecule has 1 atom stereocenters. The molecule has 15 heavy (non-hydrogen) atoms. The van der Waals surface area contributed by atoms with E-state index in [4.69, 9.17) is 4.74 Å². The molecule has 2 aliphatic heterocycles. The van der Waals surface area contributed by atoms with Crippen LogP contribution in [0.3, 0.4) is 0 Å². The van der Waals surface area contributed by atoms with Crippen LogP contribution in [0.4, 0.5) is 8.78 Å². The van der Waals surface area contributed by atoms with E-state index in [1.165, 1.54) is 0 Å². The van der Waals surface area contributed by atoms with Gasteiger partial charge < -0.3 is 4.74 Å². The highest BCUT2D eigenvalue weighted by molar-refractivity contribution is 4.92. The van der Waals surface area contributed by atoms with Crippen LogP contribution in [-0.2, 0) is 4.74 Å². The molecule has 2 heterocycles. The number of rotatable bonds is 2. The molecule has 2 nitrogen and oxygen atoms in total. The molecule has 0 saturated carbocycles. The molecule has 1 unspecified atom stereocenters. The number of alkyl halides is 2. The Morgan fingerprint density at radius 1 is 1.33 bits per heavy atom. The van der Waals surface area contributed by atoms with E-state index in [0.29, 0.717) is 19.6 Å². The maximum Gasteiger partial charge on any atom is 0.263 e. The summed E-state index contributed by atoms with van der Waals surface area (Å²) in [5.74, 6) is -2.91. The summed E-state index contributed by atoms with van der Waals surface area (Å²) in [7, 11) is 0. The van der Waals surface area contributed by atoms with Gasteiger partial charge in [0.05, 0.1) is 25.8 Å². The Balaban J connectivity index is 1.97. The first-order chi connectivity index (χ1) is 7.00. The van der Waals surface area contributed by atoms with Gasteiger partial charge in [-0.1, -0.05) is 13.8 Å². The topological polar surface area (TPSA) is 12.5 Å². The summed E-state index contributed by atoms with van der Waals surface area (Å²) in [4.78, 5) is 1.89. The van der Waals surface area contributed by atoms with Crippen LogP contribution >= 0.6 is 0 Å². The Morgan fingerprint density at radius 3 is 2.40 bits per heavy atom. The Kier molecular flexibility index (Phi) is 2.99. The molecule has 88 valence electrons. The molecule has 2 saturated heterocycles. The highest BCUT2D eigenvalue weighted by Gasteiger charge is 2.47. The molecule has 2 fully saturated rings. The van der Waals surface area contributed by atoms with Crippen LogP contribution in [0, 0.1) is 11.8 Å². The van der Waals surface area contributed by atoms with Gasteiger partial charge in [-0.3, -0.25) is 4.90 Å². The summed E-state index contributed by atoms with van der Waals surface area (Å²) in [6.07, 6.45) is 0.612. The average molecular weight is 219 g/mol. The number of likely N-dealkylation sites (tertiary alicyclic amines) is 1. The number of piperidine rings is 1. The summed E-state index contributed by atoms with van der Waals surface area (Å²) < 4.78 is 32.7. The molecule has 0 aromatic heterocycles. The second-order valence-electron chi connectivity index (χ2n) is 5.06. The fraction of sp³-hybridized carbons (Fsp3) is 1.00. The zero-order valence-electron chi connectivity index (χ0n) is 9.38. The van der Waals surface area contributed by atoms with Gasteiger partial charge in [0.2, 0.25) is 0 Å².